The molecule has 1 fully saturated rings. The summed E-state index contributed by atoms with van der Waals surface area (Å²) in [6.07, 6.45) is 8.37. The van der Waals surface area contributed by atoms with Crippen molar-refractivity contribution >= 4 is 41.1 Å². The molecule has 4 atom stereocenters. The Labute approximate surface area is 353 Å². The molecule has 0 aromatic heterocycles. The predicted molar refractivity (Wildman–Crippen MR) is 247 cm³/mol. The van der Waals surface area contributed by atoms with Crippen LogP contribution in [0.5, 0.6) is 0 Å². The van der Waals surface area contributed by atoms with Gasteiger partial charge in [0, 0.05) is 0 Å². The summed E-state index contributed by atoms with van der Waals surface area (Å²) in [6, 6.07) is 29.3. The van der Waals surface area contributed by atoms with Gasteiger partial charge in [-0.1, -0.05) is 0 Å². The molecule has 8 rings (SSSR count). The van der Waals surface area contributed by atoms with Gasteiger partial charge in [0.15, 0.2) is 0 Å². The minimum atomic E-state index is -5.37. The fraction of sp³-hybridized carbons (Fsp3) is 0.453. The van der Waals surface area contributed by atoms with E-state index in [2.05, 4.69) is 182 Å². The van der Waals surface area contributed by atoms with E-state index in [1.54, 1.807) is 25.6 Å². The van der Waals surface area contributed by atoms with Crippen LogP contribution < -0.4 is 6.54 Å². The molecule has 0 amide bonds. The number of halogens is 2. The van der Waals surface area contributed by atoms with Crippen molar-refractivity contribution in [3.8, 4) is 0 Å². The number of allylic oxidation sites excluding steroid dienone is 10. The Hall–Kier alpha value is -2.31. The van der Waals surface area contributed by atoms with Crippen molar-refractivity contribution in [3.05, 3.63) is 144 Å². The number of fused-ring (bicyclic) bond motifs is 6. The van der Waals surface area contributed by atoms with Crippen LogP contribution in [0.4, 0.5) is 0 Å². The fourth-order valence-electron chi connectivity index (χ4n) is 14.3. The second-order valence-corrected chi connectivity index (χ2v) is 34.3. The third-order valence-corrected chi connectivity index (χ3v) is 39.3. The molecule has 56 heavy (non-hydrogen) atoms. The van der Waals surface area contributed by atoms with E-state index in [0.717, 1.165) is 12.8 Å². The first-order valence-electron chi connectivity index (χ1n) is 21.0. The molecule has 0 N–H and O–H groups in total. The van der Waals surface area contributed by atoms with E-state index >= 15 is 0 Å². The standard InChI is InChI=1S/C29H37.C9H13.2C7H7.CH2.2ClH.Zr/c1-18-25-22-17-19-13-9-10-14-20(19)24(22)21-15-11-12-16-23(21)29(25,8)28(6,7)27(4,5)26(18,2)3;1-6-5-7(2)9(4)8(6)3;2*1-7-5-3-2-4-6-7;;;;/h9-11,13-15,23H,12,16-17H2,1-8H3;6H,1-4H3;2*3-6H,1H3;1H2;2*1H;. The van der Waals surface area contributed by atoms with E-state index in [9.17, 15) is 0 Å². The molecule has 0 heterocycles. The molecule has 0 aliphatic heterocycles. The molecule has 1 saturated carbocycles. The maximum atomic E-state index is 6.31. The van der Waals surface area contributed by atoms with Gasteiger partial charge in [0.05, 0.1) is 0 Å². The van der Waals surface area contributed by atoms with Gasteiger partial charge in [-0.2, -0.15) is 0 Å². The average Bonchev–Trinajstić information content (AvgIpc) is 3.61. The number of hydrogen-bond donors (Lipinski definition) is 0. The van der Waals surface area contributed by atoms with E-state index in [-0.39, 0.29) is 49.6 Å². The van der Waals surface area contributed by atoms with Crippen LogP contribution in [0.25, 0.3) is 5.57 Å². The van der Waals surface area contributed by atoms with Gasteiger partial charge in [-0.05, 0) is 0 Å². The summed E-state index contributed by atoms with van der Waals surface area (Å²) in [4.78, 5) is 0. The SMILES string of the molecule is Cl.Cl.[CH2]=[Zr]([C]1=C(C)C(C)=C(C)C1C)([c]1ccc(C)cc1)([c]1ccc(C)cc1)[C]1(C)C2=C3Cc4ccccc4C3=C3C=CCCC3C2(C)C(C)(C)C(C)(C)C1(C)C. The Bertz CT molecular complexity index is 2320. The Morgan fingerprint density at radius 1 is 0.661 bits per heavy atom. The van der Waals surface area contributed by atoms with Crippen molar-refractivity contribution < 1.29 is 18.3 Å². The van der Waals surface area contributed by atoms with E-state index in [4.69, 9.17) is 4.21 Å². The van der Waals surface area contributed by atoms with E-state index in [1.165, 1.54) is 51.9 Å². The molecule has 0 radical (unpaired) electrons. The molecule has 0 bridgehead atoms. The van der Waals surface area contributed by atoms with Crippen molar-refractivity contribution in [1.82, 2.24) is 0 Å². The second kappa shape index (κ2) is 13.4. The van der Waals surface area contributed by atoms with Crippen LogP contribution in [-0.4, -0.2) is 4.21 Å². The normalized spacial score (nSPS) is 28.6. The molecule has 0 spiro atoms. The quantitative estimate of drug-likeness (QED) is 0.245. The number of benzene rings is 3. The second-order valence-electron chi connectivity index (χ2n) is 20.5. The molecular formula is C53H68Cl2Zr. The van der Waals surface area contributed by atoms with Crippen LogP contribution >= 0.6 is 24.8 Å². The zero-order valence-electron chi connectivity index (χ0n) is 36.9. The Morgan fingerprint density at radius 3 is 1.71 bits per heavy atom. The summed E-state index contributed by atoms with van der Waals surface area (Å²) in [5.41, 5.74) is 16.3. The van der Waals surface area contributed by atoms with Crippen LogP contribution in [0.15, 0.2) is 122 Å². The summed E-state index contributed by atoms with van der Waals surface area (Å²) in [6.45, 7) is 36.0. The molecule has 4 unspecified atom stereocenters. The van der Waals surface area contributed by atoms with Gasteiger partial charge in [-0.3, -0.25) is 0 Å². The molecule has 0 nitrogen and oxygen atoms in total. The number of aryl methyl sites for hydroxylation is 2. The first kappa shape index (κ1) is 43.3. The monoisotopic (exact) mass is 864 g/mol. The van der Waals surface area contributed by atoms with Crippen molar-refractivity contribution in [2.75, 3.05) is 0 Å². The van der Waals surface area contributed by atoms with Crippen LogP contribution in [-0.2, 0) is 24.7 Å². The van der Waals surface area contributed by atoms with Crippen molar-refractivity contribution in [2.24, 2.45) is 33.5 Å². The van der Waals surface area contributed by atoms with Crippen molar-refractivity contribution in [1.29, 1.82) is 0 Å². The van der Waals surface area contributed by atoms with Gasteiger partial charge < -0.3 is 0 Å². The summed E-state index contributed by atoms with van der Waals surface area (Å²) in [7, 11) is 0. The van der Waals surface area contributed by atoms with Gasteiger partial charge in [-0.25, -0.2) is 0 Å². The third kappa shape index (κ3) is 4.61. The Balaban J connectivity index is 0.00000266. The van der Waals surface area contributed by atoms with E-state index in [1.807, 2.05) is 0 Å². The minimum absolute atomic E-state index is 0. The zero-order valence-corrected chi connectivity index (χ0v) is 41.0. The van der Waals surface area contributed by atoms with E-state index in [0.29, 0.717) is 11.8 Å². The van der Waals surface area contributed by atoms with Gasteiger partial charge >= 0.3 is 331 Å². The van der Waals surface area contributed by atoms with Crippen molar-refractivity contribution in [2.45, 2.75) is 119 Å². The molecule has 5 aliphatic carbocycles. The Morgan fingerprint density at radius 2 is 1.20 bits per heavy atom. The summed E-state index contributed by atoms with van der Waals surface area (Å²) >= 11 is -5.37. The Kier molecular flexibility index (Phi) is 10.3. The van der Waals surface area contributed by atoms with Gasteiger partial charge in [0.2, 0.25) is 0 Å². The summed E-state index contributed by atoms with van der Waals surface area (Å²) in [5, 5.41) is 0. The predicted octanol–water partition coefficient (Wildman–Crippen LogP) is 14.0. The third-order valence-electron chi connectivity index (χ3n) is 18.9. The number of hydrogen-bond acceptors (Lipinski definition) is 0. The molecule has 3 aromatic carbocycles. The molecule has 5 aliphatic rings. The van der Waals surface area contributed by atoms with Crippen molar-refractivity contribution in [3.63, 3.8) is 0 Å². The van der Waals surface area contributed by atoms with Crippen LogP contribution in [0.3, 0.4) is 0 Å². The summed E-state index contributed by atoms with van der Waals surface area (Å²) < 4.78 is 10.7. The van der Waals surface area contributed by atoms with Gasteiger partial charge in [-0.15, -0.1) is 24.8 Å². The maximum absolute atomic E-state index is 6.31. The van der Waals surface area contributed by atoms with Gasteiger partial charge in [0.25, 0.3) is 0 Å². The van der Waals surface area contributed by atoms with Crippen LogP contribution in [0.2, 0.25) is 3.12 Å². The molecule has 3 aromatic rings. The fourth-order valence-corrected chi connectivity index (χ4v) is 37.2. The molecule has 3 heteroatoms. The topological polar surface area (TPSA) is 0 Å². The molecule has 0 saturated heterocycles. The summed E-state index contributed by atoms with van der Waals surface area (Å²) in [5.74, 6) is 0.735. The molecule has 298 valence electrons. The number of rotatable bonds is 4. The first-order chi connectivity index (χ1) is 25.2. The zero-order chi connectivity index (χ0) is 39.2. The van der Waals surface area contributed by atoms with Crippen LogP contribution in [0, 0.1) is 47.3 Å². The first-order valence-corrected chi connectivity index (χ1v) is 27.6. The van der Waals surface area contributed by atoms with E-state index < -0.39 is 18.3 Å². The van der Waals surface area contributed by atoms with Crippen LogP contribution in [0.1, 0.15) is 118 Å². The molecular weight excluding hydrogens is 799 g/mol. The average molecular weight is 867 g/mol. The van der Waals surface area contributed by atoms with Gasteiger partial charge in [0.1, 0.15) is 0 Å².